The summed E-state index contributed by atoms with van der Waals surface area (Å²) in [5.41, 5.74) is 7.53. The fraction of sp³-hybridized carbons (Fsp3) is 0.267. The number of aromatic nitrogens is 1. The molecule has 3 N–H and O–H groups in total. The number of rotatable bonds is 5. The van der Waals surface area contributed by atoms with Gasteiger partial charge >= 0.3 is 6.03 Å². The highest BCUT2D eigenvalue weighted by Crippen LogP contribution is 2.30. The van der Waals surface area contributed by atoms with Gasteiger partial charge in [-0.3, -0.25) is 10.1 Å². The number of nitrogens with two attached hydrogens (primary N) is 1. The number of ether oxygens (including phenoxy) is 1. The van der Waals surface area contributed by atoms with Crippen molar-refractivity contribution in [3.63, 3.8) is 0 Å². The highest BCUT2D eigenvalue weighted by Gasteiger charge is 2.22. The van der Waals surface area contributed by atoms with Crippen molar-refractivity contribution in [3.8, 4) is 5.88 Å². The maximum Gasteiger partial charge on any atom is 0.321 e. The maximum atomic E-state index is 11.7. The average molecular weight is 334 g/mol. The van der Waals surface area contributed by atoms with Crippen molar-refractivity contribution in [1.82, 2.24) is 9.27 Å². The zero-order valence-electron chi connectivity index (χ0n) is 13.1. The van der Waals surface area contributed by atoms with Crippen LogP contribution in [0, 0.1) is 6.92 Å². The monoisotopic (exact) mass is 334 g/mol. The molecule has 0 saturated carbocycles. The average Bonchev–Trinajstić information content (AvgIpc) is 2.88. The lowest BCUT2D eigenvalue weighted by molar-refractivity contribution is 0.0996. The first-order valence-corrected chi connectivity index (χ1v) is 7.62. The van der Waals surface area contributed by atoms with Gasteiger partial charge in [-0.05, 0) is 24.0 Å². The number of primary amides is 1. The zero-order valence-corrected chi connectivity index (χ0v) is 13.9. The van der Waals surface area contributed by atoms with Gasteiger partial charge in [-0.15, -0.1) is 0 Å². The molecule has 0 unspecified atom stereocenters. The summed E-state index contributed by atoms with van der Waals surface area (Å²) >= 11 is 0.954. The molecule has 0 radical (unpaired) electrons. The molecule has 0 atom stereocenters. The van der Waals surface area contributed by atoms with Crippen molar-refractivity contribution in [1.29, 1.82) is 0 Å². The van der Waals surface area contributed by atoms with E-state index < -0.39 is 5.91 Å². The lowest BCUT2D eigenvalue weighted by Gasteiger charge is -2.11. The van der Waals surface area contributed by atoms with Gasteiger partial charge in [0, 0.05) is 14.1 Å². The Morgan fingerprint density at radius 2 is 2.13 bits per heavy atom. The minimum absolute atomic E-state index is 0.0813. The number of anilines is 1. The molecule has 0 aliphatic heterocycles. The molecule has 2 rings (SSSR count). The van der Waals surface area contributed by atoms with E-state index in [0.717, 1.165) is 22.7 Å². The van der Waals surface area contributed by atoms with Crippen LogP contribution in [0.2, 0.25) is 0 Å². The summed E-state index contributed by atoms with van der Waals surface area (Å²) in [6, 6.07) is 7.42. The van der Waals surface area contributed by atoms with E-state index in [4.69, 9.17) is 10.5 Å². The summed E-state index contributed by atoms with van der Waals surface area (Å²) in [6.45, 7) is 2.24. The number of amides is 3. The third kappa shape index (κ3) is 4.19. The Morgan fingerprint density at radius 1 is 1.39 bits per heavy atom. The van der Waals surface area contributed by atoms with Crippen molar-refractivity contribution in [2.75, 3.05) is 19.4 Å². The van der Waals surface area contributed by atoms with Crippen LogP contribution in [0.4, 0.5) is 9.80 Å². The maximum absolute atomic E-state index is 11.7. The van der Waals surface area contributed by atoms with E-state index >= 15 is 0 Å². The van der Waals surface area contributed by atoms with Crippen molar-refractivity contribution >= 4 is 28.5 Å². The van der Waals surface area contributed by atoms with Crippen LogP contribution in [0.25, 0.3) is 0 Å². The number of carbonyl (C=O) groups excluding carboxylic acids is 2. The third-order valence-electron chi connectivity index (χ3n) is 2.99. The topological polar surface area (TPSA) is 97.6 Å². The van der Waals surface area contributed by atoms with Crippen molar-refractivity contribution < 1.29 is 14.3 Å². The largest absolute Gasteiger partial charge is 0.472 e. The predicted molar refractivity (Wildman–Crippen MR) is 88.8 cm³/mol. The van der Waals surface area contributed by atoms with Crippen LogP contribution in [0.1, 0.15) is 21.5 Å². The minimum atomic E-state index is -0.702. The molecule has 0 spiro atoms. The molecule has 0 aliphatic rings. The summed E-state index contributed by atoms with van der Waals surface area (Å²) in [7, 11) is 3.19. The number of nitrogens with zero attached hydrogens (tertiary/aromatic N) is 2. The smallest absolute Gasteiger partial charge is 0.321 e. The van der Waals surface area contributed by atoms with E-state index in [1.165, 1.54) is 4.90 Å². The molecule has 1 heterocycles. The molecule has 0 saturated heterocycles. The Labute approximate surface area is 138 Å². The van der Waals surface area contributed by atoms with Gasteiger partial charge in [0.1, 0.15) is 17.2 Å². The lowest BCUT2D eigenvalue weighted by atomic mass is 10.1. The summed E-state index contributed by atoms with van der Waals surface area (Å²) in [5, 5.41) is 2.85. The van der Waals surface area contributed by atoms with Crippen LogP contribution in [-0.4, -0.2) is 35.3 Å². The van der Waals surface area contributed by atoms with E-state index in [2.05, 4.69) is 9.69 Å². The molecule has 2 aromatic rings. The standard InChI is InChI=1S/C15H18N4O3S/c1-9-5-4-6-10(7-9)8-22-13-11(12(16)20)14(23-18-13)17-15(21)19(2)3/h4-7H,8H2,1-3H3,(H2,16,20)(H,17,21). The first-order chi connectivity index (χ1) is 10.9. The Bertz CT molecular complexity index is 727. The number of hydrogen-bond acceptors (Lipinski definition) is 5. The number of benzene rings is 1. The van der Waals surface area contributed by atoms with E-state index in [-0.39, 0.29) is 29.1 Å². The summed E-state index contributed by atoms with van der Waals surface area (Å²) < 4.78 is 9.67. The lowest BCUT2D eigenvalue weighted by Crippen LogP contribution is -2.28. The first kappa shape index (κ1) is 16.8. The number of carbonyl (C=O) groups is 2. The molecular weight excluding hydrogens is 316 g/mol. The number of nitrogens with one attached hydrogen (secondary N) is 1. The number of urea groups is 1. The van der Waals surface area contributed by atoms with Crippen LogP contribution in [-0.2, 0) is 6.61 Å². The predicted octanol–water partition coefficient (Wildman–Crippen LogP) is 2.22. The molecule has 1 aromatic carbocycles. The molecule has 0 fully saturated rings. The SMILES string of the molecule is Cc1cccc(COc2nsc(NC(=O)N(C)C)c2C(N)=O)c1. The van der Waals surface area contributed by atoms with Crippen molar-refractivity contribution in [2.45, 2.75) is 13.5 Å². The van der Waals surface area contributed by atoms with Crippen LogP contribution in [0.3, 0.4) is 0 Å². The number of aryl methyl sites for hydroxylation is 1. The summed E-state index contributed by atoms with van der Waals surface area (Å²) in [6.07, 6.45) is 0. The van der Waals surface area contributed by atoms with Gasteiger partial charge in [-0.1, -0.05) is 29.8 Å². The van der Waals surface area contributed by atoms with Crippen LogP contribution < -0.4 is 15.8 Å². The third-order valence-corrected chi connectivity index (χ3v) is 3.74. The molecular formula is C15H18N4O3S. The van der Waals surface area contributed by atoms with E-state index in [1.807, 2.05) is 31.2 Å². The Balaban J connectivity index is 2.17. The second-order valence-corrected chi connectivity index (χ2v) is 5.93. The number of hydrogen-bond donors (Lipinski definition) is 2. The minimum Gasteiger partial charge on any atom is -0.472 e. The van der Waals surface area contributed by atoms with Gasteiger partial charge in [0.25, 0.3) is 5.91 Å². The molecule has 8 heteroatoms. The Hall–Kier alpha value is -2.61. The molecule has 0 bridgehead atoms. The summed E-state index contributed by atoms with van der Waals surface area (Å²) in [5.74, 6) is -0.579. The highest BCUT2D eigenvalue weighted by atomic mass is 32.1. The van der Waals surface area contributed by atoms with Crippen LogP contribution >= 0.6 is 11.5 Å². The highest BCUT2D eigenvalue weighted by molar-refractivity contribution is 7.11. The van der Waals surface area contributed by atoms with Gasteiger partial charge < -0.3 is 15.4 Å². The zero-order chi connectivity index (χ0) is 17.0. The second kappa shape index (κ2) is 7.10. The van der Waals surface area contributed by atoms with Crippen LogP contribution in [0.5, 0.6) is 5.88 Å². The molecule has 1 aromatic heterocycles. The molecule has 0 aliphatic carbocycles. The van der Waals surface area contributed by atoms with Crippen molar-refractivity contribution in [2.24, 2.45) is 5.73 Å². The molecule has 3 amide bonds. The van der Waals surface area contributed by atoms with Crippen LogP contribution in [0.15, 0.2) is 24.3 Å². The Kier molecular flexibility index (Phi) is 5.17. The van der Waals surface area contributed by atoms with E-state index in [1.54, 1.807) is 14.1 Å². The van der Waals surface area contributed by atoms with Gasteiger partial charge in [-0.25, -0.2) is 4.79 Å². The van der Waals surface area contributed by atoms with Gasteiger partial charge in [0.05, 0.1) is 0 Å². The second-order valence-electron chi connectivity index (χ2n) is 5.16. The molecule has 122 valence electrons. The molecule has 7 nitrogen and oxygen atoms in total. The van der Waals surface area contributed by atoms with Gasteiger partial charge in [0.15, 0.2) is 0 Å². The first-order valence-electron chi connectivity index (χ1n) is 6.84. The normalized spacial score (nSPS) is 10.2. The summed E-state index contributed by atoms with van der Waals surface area (Å²) in [4.78, 5) is 24.7. The Morgan fingerprint density at radius 3 is 2.74 bits per heavy atom. The molecule has 23 heavy (non-hydrogen) atoms. The fourth-order valence-electron chi connectivity index (χ4n) is 1.84. The van der Waals surface area contributed by atoms with Gasteiger partial charge in [0.2, 0.25) is 5.88 Å². The quantitative estimate of drug-likeness (QED) is 0.876. The van der Waals surface area contributed by atoms with Crippen molar-refractivity contribution in [3.05, 3.63) is 41.0 Å². The van der Waals surface area contributed by atoms with E-state index in [9.17, 15) is 9.59 Å². The fourth-order valence-corrected chi connectivity index (χ4v) is 2.57. The van der Waals surface area contributed by atoms with E-state index in [0.29, 0.717) is 0 Å². The van der Waals surface area contributed by atoms with Gasteiger partial charge in [-0.2, -0.15) is 4.37 Å².